The number of urea groups is 1. The van der Waals surface area contributed by atoms with Crippen LogP contribution in [0.4, 0.5) is 4.79 Å². The molecule has 31 heavy (non-hydrogen) atoms. The van der Waals surface area contributed by atoms with Crippen molar-refractivity contribution in [2.75, 3.05) is 0 Å². The van der Waals surface area contributed by atoms with Crippen molar-refractivity contribution in [1.82, 2.24) is 10.2 Å². The molecule has 5 nitrogen and oxygen atoms in total. The summed E-state index contributed by atoms with van der Waals surface area (Å²) in [5.41, 5.74) is 2.29. The van der Waals surface area contributed by atoms with Gasteiger partial charge in [0, 0.05) is 0 Å². The van der Waals surface area contributed by atoms with E-state index in [0.29, 0.717) is 18.5 Å². The first-order chi connectivity index (χ1) is 15.2. The second-order valence-corrected chi connectivity index (χ2v) is 7.32. The molecule has 1 N–H and O–H groups in total. The largest absolute Gasteiger partial charge is 0.457 e. The van der Waals surface area contributed by atoms with Crippen molar-refractivity contribution < 1.29 is 14.3 Å². The molecule has 5 heteroatoms. The average molecular weight is 412 g/mol. The van der Waals surface area contributed by atoms with Gasteiger partial charge in [0.2, 0.25) is 0 Å². The van der Waals surface area contributed by atoms with Crippen molar-refractivity contribution in [1.29, 1.82) is 0 Å². The number of nitrogens with one attached hydrogen (secondary N) is 1. The maximum atomic E-state index is 12.9. The van der Waals surface area contributed by atoms with Gasteiger partial charge in [-0.3, -0.25) is 9.69 Å². The summed E-state index contributed by atoms with van der Waals surface area (Å²) in [6, 6.07) is 26.2. The molecular formula is C26H24N2O3. The Hall–Kier alpha value is -3.86. The Balaban J connectivity index is 1.43. The lowest BCUT2D eigenvalue weighted by molar-refractivity contribution is -0.124. The van der Waals surface area contributed by atoms with Gasteiger partial charge in [-0.1, -0.05) is 73.7 Å². The number of nitrogens with zero attached hydrogens (tertiary/aromatic N) is 1. The summed E-state index contributed by atoms with van der Waals surface area (Å²) in [7, 11) is 0. The van der Waals surface area contributed by atoms with Gasteiger partial charge < -0.3 is 10.1 Å². The van der Waals surface area contributed by atoms with Crippen LogP contribution in [0, 0.1) is 0 Å². The highest BCUT2D eigenvalue weighted by molar-refractivity contribution is 6.12. The van der Waals surface area contributed by atoms with Crippen LogP contribution in [-0.4, -0.2) is 16.8 Å². The molecule has 0 bridgehead atoms. The molecule has 3 aromatic carbocycles. The van der Waals surface area contributed by atoms with Gasteiger partial charge >= 0.3 is 6.03 Å². The molecule has 0 radical (unpaired) electrons. The lowest BCUT2D eigenvalue weighted by Crippen LogP contribution is -2.34. The topological polar surface area (TPSA) is 58.6 Å². The second-order valence-electron chi connectivity index (χ2n) is 7.32. The molecule has 0 saturated carbocycles. The molecule has 156 valence electrons. The minimum Gasteiger partial charge on any atom is -0.457 e. The first kappa shape index (κ1) is 20.4. The Morgan fingerprint density at radius 1 is 0.871 bits per heavy atom. The van der Waals surface area contributed by atoms with Crippen molar-refractivity contribution in [3.63, 3.8) is 0 Å². The van der Waals surface area contributed by atoms with E-state index in [1.165, 1.54) is 4.90 Å². The molecule has 1 unspecified atom stereocenters. The van der Waals surface area contributed by atoms with Crippen LogP contribution in [0.15, 0.2) is 96.7 Å². The van der Waals surface area contributed by atoms with E-state index in [-0.39, 0.29) is 18.0 Å². The monoisotopic (exact) mass is 412 g/mol. The summed E-state index contributed by atoms with van der Waals surface area (Å²) in [5.74, 6) is 1.23. The van der Waals surface area contributed by atoms with Crippen LogP contribution in [0.1, 0.15) is 30.5 Å². The standard InChI is InChI=1S/C26H24N2O3/c1-2-24(20-9-5-3-6-10-20)28-25(29)23(27-26(28)30)18-15-19-13-16-22(17-14-19)31-21-11-7-4-8-12-21/h3-14,16-18,24H,2,15H2,1H3,(H,27,30)/b23-18-. The zero-order chi connectivity index (χ0) is 21.6. The Labute approximate surface area is 182 Å². The van der Waals surface area contributed by atoms with Crippen LogP contribution < -0.4 is 10.1 Å². The fourth-order valence-electron chi connectivity index (χ4n) is 3.65. The van der Waals surface area contributed by atoms with Gasteiger partial charge in [-0.05, 0) is 48.2 Å². The Morgan fingerprint density at radius 2 is 1.48 bits per heavy atom. The van der Waals surface area contributed by atoms with Gasteiger partial charge in [0.25, 0.3) is 5.91 Å². The molecule has 1 saturated heterocycles. The van der Waals surface area contributed by atoms with Crippen molar-refractivity contribution in [2.45, 2.75) is 25.8 Å². The molecule has 0 aromatic heterocycles. The summed E-state index contributed by atoms with van der Waals surface area (Å²) in [4.78, 5) is 26.8. The van der Waals surface area contributed by atoms with E-state index in [2.05, 4.69) is 5.32 Å². The minimum atomic E-state index is -0.376. The van der Waals surface area contributed by atoms with Crippen LogP contribution >= 0.6 is 0 Å². The summed E-state index contributed by atoms with van der Waals surface area (Å²) >= 11 is 0. The lowest BCUT2D eigenvalue weighted by atomic mass is 10.0. The van der Waals surface area contributed by atoms with Gasteiger partial charge in [0.15, 0.2) is 0 Å². The molecule has 1 aliphatic heterocycles. The quantitative estimate of drug-likeness (QED) is 0.405. The van der Waals surface area contributed by atoms with E-state index >= 15 is 0 Å². The number of allylic oxidation sites excluding steroid dienone is 1. The number of para-hydroxylation sites is 1. The van der Waals surface area contributed by atoms with E-state index in [9.17, 15) is 9.59 Å². The number of ether oxygens (including phenoxy) is 1. The lowest BCUT2D eigenvalue weighted by Gasteiger charge is -2.24. The van der Waals surface area contributed by atoms with Gasteiger partial charge in [-0.15, -0.1) is 0 Å². The molecule has 0 spiro atoms. The van der Waals surface area contributed by atoms with Crippen LogP contribution in [-0.2, 0) is 11.2 Å². The fraction of sp³-hybridized carbons (Fsp3) is 0.154. The summed E-state index contributed by atoms with van der Waals surface area (Å²) in [6.45, 7) is 1.97. The predicted octanol–water partition coefficient (Wildman–Crippen LogP) is 5.61. The third-order valence-electron chi connectivity index (χ3n) is 5.24. The number of hydrogen-bond donors (Lipinski definition) is 1. The number of carbonyl (C=O) groups is 2. The minimum absolute atomic E-state index is 0.283. The van der Waals surface area contributed by atoms with E-state index < -0.39 is 0 Å². The van der Waals surface area contributed by atoms with E-state index in [4.69, 9.17) is 4.74 Å². The summed E-state index contributed by atoms with van der Waals surface area (Å²) in [6.07, 6.45) is 2.95. The number of hydrogen-bond acceptors (Lipinski definition) is 3. The zero-order valence-corrected chi connectivity index (χ0v) is 17.3. The normalized spacial score (nSPS) is 15.8. The van der Waals surface area contributed by atoms with Gasteiger partial charge in [0.1, 0.15) is 17.2 Å². The molecular weight excluding hydrogens is 388 g/mol. The molecule has 1 fully saturated rings. The molecule has 0 aliphatic carbocycles. The predicted molar refractivity (Wildman–Crippen MR) is 120 cm³/mol. The molecule has 3 amide bonds. The van der Waals surface area contributed by atoms with Crippen molar-refractivity contribution >= 4 is 11.9 Å². The third kappa shape index (κ3) is 4.67. The molecule has 4 rings (SSSR count). The summed E-state index contributed by atoms with van der Waals surface area (Å²) in [5, 5.41) is 2.73. The molecule has 1 atom stereocenters. The first-order valence-corrected chi connectivity index (χ1v) is 10.4. The van der Waals surface area contributed by atoms with Crippen LogP contribution in [0.2, 0.25) is 0 Å². The zero-order valence-electron chi connectivity index (χ0n) is 17.3. The maximum absolute atomic E-state index is 12.9. The third-order valence-corrected chi connectivity index (χ3v) is 5.24. The van der Waals surface area contributed by atoms with Crippen LogP contribution in [0.3, 0.4) is 0 Å². The number of rotatable bonds is 7. The van der Waals surface area contributed by atoms with E-state index in [1.807, 2.05) is 91.9 Å². The molecule has 3 aromatic rings. The highest BCUT2D eigenvalue weighted by Gasteiger charge is 2.38. The maximum Gasteiger partial charge on any atom is 0.329 e. The van der Waals surface area contributed by atoms with Gasteiger partial charge in [0.05, 0.1) is 6.04 Å². The number of benzene rings is 3. The first-order valence-electron chi connectivity index (χ1n) is 10.4. The van der Waals surface area contributed by atoms with Crippen molar-refractivity contribution in [2.24, 2.45) is 0 Å². The smallest absolute Gasteiger partial charge is 0.329 e. The summed E-state index contributed by atoms with van der Waals surface area (Å²) < 4.78 is 5.80. The highest BCUT2D eigenvalue weighted by Crippen LogP contribution is 2.28. The van der Waals surface area contributed by atoms with Gasteiger partial charge in [-0.25, -0.2) is 4.79 Å². The van der Waals surface area contributed by atoms with E-state index in [1.54, 1.807) is 6.08 Å². The number of amides is 3. The Kier molecular flexibility index (Phi) is 6.13. The fourth-order valence-corrected chi connectivity index (χ4v) is 3.65. The Morgan fingerprint density at radius 3 is 2.13 bits per heavy atom. The van der Waals surface area contributed by atoms with Crippen molar-refractivity contribution in [3.05, 3.63) is 108 Å². The van der Waals surface area contributed by atoms with Crippen molar-refractivity contribution in [3.8, 4) is 11.5 Å². The molecule has 1 aliphatic rings. The van der Waals surface area contributed by atoms with Crippen LogP contribution in [0.5, 0.6) is 11.5 Å². The second kappa shape index (κ2) is 9.30. The van der Waals surface area contributed by atoms with Crippen LogP contribution in [0.25, 0.3) is 0 Å². The highest BCUT2D eigenvalue weighted by atomic mass is 16.5. The Bertz CT molecular complexity index is 1080. The number of imide groups is 1. The van der Waals surface area contributed by atoms with Gasteiger partial charge in [-0.2, -0.15) is 0 Å². The number of carbonyl (C=O) groups excluding carboxylic acids is 2. The van der Waals surface area contributed by atoms with E-state index in [0.717, 1.165) is 22.6 Å². The SMILES string of the molecule is CCC(c1ccccc1)N1C(=O)N/C(=C\Cc2ccc(Oc3ccccc3)cc2)C1=O. The average Bonchev–Trinajstić information content (AvgIpc) is 3.09. The molecule has 1 heterocycles.